The summed E-state index contributed by atoms with van der Waals surface area (Å²) in [6, 6.07) is 10.8. The number of methoxy groups -OCH3 is 1. The summed E-state index contributed by atoms with van der Waals surface area (Å²) in [5.74, 6) is 2.43. The van der Waals surface area contributed by atoms with Crippen molar-refractivity contribution in [1.82, 2.24) is 4.90 Å². The van der Waals surface area contributed by atoms with Gasteiger partial charge in [-0.3, -0.25) is 4.79 Å². The van der Waals surface area contributed by atoms with Crippen LogP contribution in [0.3, 0.4) is 0 Å². The molecule has 2 aliphatic rings. The zero-order valence-corrected chi connectivity index (χ0v) is 19.0. The molecular weight excluding hydrogens is 407 g/mol. The quantitative estimate of drug-likeness (QED) is 0.500. The van der Waals surface area contributed by atoms with Gasteiger partial charge < -0.3 is 19.7 Å². The zero-order valence-electron chi connectivity index (χ0n) is 19.0. The largest absolute Gasteiger partial charge is 0.496 e. The molecule has 2 aromatic carbocycles. The molecule has 1 saturated carbocycles. The summed E-state index contributed by atoms with van der Waals surface area (Å²) in [4.78, 5) is 14.1. The van der Waals surface area contributed by atoms with Crippen molar-refractivity contribution in [3.8, 4) is 11.5 Å². The highest BCUT2D eigenvalue weighted by molar-refractivity contribution is 5.94. The van der Waals surface area contributed by atoms with Gasteiger partial charge in [0.25, 0.3) is 0 Å². The molecule has 0 spiro atoms. The van der Waals surface area contributed by atoms with Crippen LogP contribution in [0.4, 0.5) is 10.1 Å². The van der Waals surface area contributed by atoms with E-state index in [0.29, 0.717) is 24.9 Å². The van der Waals surface area contributed by atoms with E-state index in [0.717, 1.165) is 68.1 Å². The second kappa shape index (κ2) is 10.3. The third-order valence-electron chi connectivity index (χ3n) is 6.57. The van der Waals surface area contributed by atoms with Gasteiger partial charge >= 0.3 is 0 Å². The molecule has 0 aromatic heterocycles. The Bertz CT molecular complexity index is 949. The van der Waals surface area contributed by atoms with E-state index < -0.39 is 0 Å². The second-order valence-corrected chi connectivity index (χ2v) is 8.80. The van der Waals surface area contributed by atoms with Crippen LogP contribution in [0.5, 0.6) is 11.5 Å². The first-order chi connectivity index (χ1) is 15.6. The molecule has 0 saturated heterocycles. The Morgan fingerprint density at radius 3 is 2.84 bits per heavy atom. The summed E-state index contributed by atoms with van der Waals surface area (Å²) >= 11 is 0. The monoisotopic (exact) mass is 440 g/mol. The van der Waals surface area contributed by atoms with Gasteiger partial charge in [0, 0.05) is 30.3 Å². The number of nitrogens with zero attached hydrogens (tertiary/aromatic N) is 1. The van der Waals surface area contributed by atoms with Crippen molar-refractivity contribution in [3.05, 3.63) is 53.3 Å². The molecule has 4 rings (SSSR count). The van der Waals surface area contributed by atoms with Crippen LogP contribution in [0.25, 0.3) is 0 Å². The summed E-state index contributed by atoms with van der Waals surface area (Å²) < 4.78 is 25.0. The minimum Gasteiger partial charge on any atom is -0.496 e. The van der Waals surface area contributed by atoms with Crippen molar-refractivity contribution in [2.24, 2.45) is 5.92 Å². The van der Waals surface area contributed by atoms with Crippen molar-refractivity contribution in [3.63, 3.8) is 0 Å². The van der Waals surface area contributed by atoms with Crippen molar-refractivity contribution >= 4 is 11.6 Å². The van der Waals surface area contributed by atoms with Crippen LogP contribution in [0.15, 0.2) is 36.4 Å². The summed E-state index contributed by atoms with van der Waals surface area (Å²) in [5.41, 5.74) is 3.05. The molecule has 0 radical (unpaired) electrons. The van der Waals surface area contributed by atoms with Gasteiger partial charge in [-0.15, -0.1) is 0 Å². The normalized spacial score (nSPS) is 19.4. The molecule has 1 heterocycles. The van der Waals surface area contributed by atoms with E-state index in [1.807, 2.05) is 18.2 Å². The van der Waals surface area contributed by atoms with Crippen LogP contribution < -0.4 is 14.8 Å². The number of carbonyl (C=O) groups is 1. The van der Waals surface area contributed by atoms with E-state index in [1.165, 1.54) is 11.6 Å². The van der Waals surface area contributed by atoms with Gasteiger partial charge in [0.05, 0.1) is 13.7 Å². The first-order valence-electron chi connectivity index (χ1n) is 11.7. The van der Waals surface area contributed by atoms with Gasteiger partial charge in [0.2, 0.25) is 5.91 Å². The number of hydrogen-bond acceptors (Lipinski definition) is 4. The van der Waals surface area contributed by atoms with Gasteiger partial charge in [-0.2, -0.15) is 0 Å². The zero-order chi connectivity index (χ0) is 22.5. The number of carbonyl (C=O) groups excluding carboxylic acids is 1. The fourth-order valence-electron chi connectivity index (χ4n) is 4.60. The minimum atomic E-state index is -0.194. The van der Waals surface area contributed by atoms with Crippen LogP contribution in [-0.4, -0.2) is 44.2 Å². The predicted molar refractivity (Wildman–Crippen MR) is 124 cm³/mol. The molecule has 2 aromatic rings. The number of unbranched alkanes of at least 4 members (excludes halogenated alkanes) is 1. The lowest BCUT2D eigenvalue weighted by molar-refractivity contribution is -0.116. The molecule has 1 aliphatic heterocycles. The van der Waals surface area contributed by atoms with Crippen LogP contribution >= 0.6 is 0 Å². The van der Waals surface area contributed by atoms with Gasteiger partial charge in [-0.05, 0) is 80.4 Å². The molecule has 172 valence electrons. The predicted octanol–water partition coefficient (Wildman–Crippen LogP) is 5.00. The van der Waals surface area contributed by atoms with E-state index in [1.54, 1.807) is 19.2 Å². The molecule has 2 unspecified atom stereocenters. The molecule has 32 heavy (non-hydrogen) atoms. The maximum atomic E-state index is 13.7. The van der Waals surface area contributed by atoms with Crippen LogP contribution in [-0.2, 0) is 11.2 Å². The topological polar surface area (TPSA) is 50.8 Å². The number of amides is 1. The van der Waals surface area contributed by atoms with Crippen LogP contribution in [0.1, 0.15) is 49.7 Å². The highest BCUT2D eigenvalue weighted by Gasteiger charge is 2.40. The Morgan fingerprint density at radius 1 is 1.16 bits per heavy atom. The Morgan fingerprint density at radius 2 is 2.03 bits per heavy atom. The molecule has 1 aliphatic carbocycles. The Hall–Kier alpha value is -2.60. The van der Waals surface area contributed by atoms with Crippen molar-refractivity contribution < 1.29 is 18.7 Å². The fraction of sp³-hybridized carbons (Fsp3) is 0.500. The second-order valence-electron chi connectivity index (χ2n) is 8.80. The van der Waals surface area contributed by atoms with Crippen LogP contribution in [0.2, 0.25) is 0 Å². The smallest absolute Gasteiger partial charge is 0.224 e. The average molecular weight is 441 g/mol. The molecule has 5 nitrogen and oxygen atoms in total. The first-order valence-corrected chi connectivity index (χ1v) is 11.7. The minimum absolute atomic E-state index is 0.0723. The van der Waals surface area contributed by atoms with E-state index in [4.69, 9.17) is 9.47 Å². The maximum absolute atomic E-state index is 13.7. The van der Waals surface area contributed by atoms with E-state index >= 15 is 0 Å². The molecule has 6 heteroatoms. The molecule has 1 amide bonds. The van der Waals surface area contributed by atoms with E-state index in [-0.39, 0.29) is 11.7 Å². The maximum Gasteiger partial charge on any atom is 0.224 e. The fourth-order valence-corrected chi connectivity index (χ4v) is 4.60. The summed E-state index contributed by atoms with van der Waals surface area (Å²) in [6.07, 6.45) is 4.48. The number of ether oxygens (including phenoxy) is 2. The van der Waals surface area contributed by atoms with E-state index in [9.17, 15) is 9.18 Å². The summed E-state index contributed by atoms with van der Waals surface area (Å²) in [7, 11) is 1.65. The number of anilines is 1. The number of nitrogens with one attached hydrogen (secondary N) is 1. The SMILES string of the molecule is CCN(CCCCOc1ccc2c(c1)NC(=O)CC2)CC1CC1c1cc(F)ccc1OC. The molecule has 1 N–H and O–H groups in total. The highest BCUT2D eigenvalue weighted by atomic mass is 19.1. The third kappa shape index (κ3) is 5.60. The Kier molecular flexibility index (Phi) is 7.30. The number of rotatable bonds is 11. The molecule has 1 fully saturated rings. The summed E-state index contributed by atoms with van der Waals surface area (Å²) in [6.45, 7) is 5.93. The number of hydrogen-bond donors (Lipinski definition) is 1. The van der Waals surface area contributed by atoms with Gasteiger partial charge in [-0.25, -0.2) is 4.39 Å². The Labute approximate surface area is 189 Å². The average Bonchev–Trinajstić information content (AvgIpc) is 3.56. The summed E-state index contributed by atoms with van der Waals surface area (Å²) in [5, 5.41) is 2.92. The van der Waals surface area contributed by atoms with Gasteiger partial charge in [-0.1, -0.05) is 13.0 Å². The van der Waals surface area contributed by atoms with Crippen LogP contribution in [0, 0.1) is 11.7 Å². The van der Waals surface area contributed by atoms with Crippen molar-refractivity contribution in [1.29, 1.82) is 0 Å². The van der Waals surface area contributed by atoms with Gasteiger partial charge in [0.1, 0.15) is 17.3 Å². The highest BCUT2D eigenvalue weighted by Crippen LogP contribution is 2.50. The lowest BCUT2D eigenvalue weighted by Crippen LogP contribution is -2.27. The molecule has 0 bridgehead atoms. The molecule has 2 atom stereocenters. The number of halogens is 1. The van der Waals surface area contributed by atoms with Gasteiger partial charge in [0.15, 0.2) is 0 Å². The third-order valence-corrected chi connectivity index (χ3v) is 6.57. The standard InChI is InChI=1S/C26H33FN2O3/c1-3-29(17-19-14-22(19)23-15-20(27)8-10-25(23)31-2)12-4-5-13-32-21-9-6-18-7-11-26(30)28-24(18)16-21/h6,8-10,15-16,19,22H,3-5,7,11-14,17H2,1-2H3,(H,28,30). The first kappa shape index (κ1) is 22.6. The number of benzene rings is 2. The number of aryl methyl sites for hydroxylation is 1. The lowest BCUT2D eigenvalue weighted by Gasteiger charge is -2.21. The van der Waals surface area contributed by atoms with Crippen molar-refractivity contribution in [2.75, 3.05) is 38.7 Å². The molecular formula is C26H33FN2O3. The lowest BCUT2D eigenvalue weighted by atomic mass is 10.0. The van der Waals surface area contributed by atoms with Crippen molar-refractivity contribution in [2.45, 2.75) is 44.9 Å². The Balaban J connectivity index is 1.18. The number of fused-ring (bicyclic) bond motifs is 1. The van der Waals surface area contributed by atoms with E-state index in [2.05, 4.69) is 17.1 Å².